The van der Waals surface area contributed by atoms with Crippen LogP contribution in [0.5, 0.6) is 0 Å². The molecule has 2 atom stereocenters. The van der Waals surface area contributed by atoms with Crippen molar-refractivity contribution in [2.45, 2.75) is 12.0 Å². The van der Waals surface area contributed by atoms with E-state index in [1.165, 1.54) is 0 Å². The number of hydrogen-bond donors (Lipinski definition) is 2. The Bertz CT molecular complexity index is 461. The number of rotatable bonds is 5. The monoisotopic (exact) mass is 308 g/mol. The maximum atomic E-state index is 9.16. The Morgan fingerprint density at radius 3 is 3.09 bits per heavy atom. The van der Waals surface area contributed by atoms with Crippen LogP contribution in [0.1, 0.15) is 6.42 Å². The zero-order chi connectivity index (χ0) is 15.3. The number of aliphatic hydroxyl groups excluding tert-OH is 1. The summed E-state index contributed by atoms with van der Waals surface area (Å²) < 4.78 is 11.8. The van der Waals surface area contributed by atoms with Crippen molar-refractivity contribution < 1.29 is 14.6 Å². The van der Waals surface area contributed by atoms with Crippen molar-refractivity contribution in [3.05, 3.63) is 18.5 Å². The molecule has 7 nitrogen and oxygen atoms in total. The molecule has 2 saturated heterocycles. The number of hydrogen-bond acceptors (Lipinski definition) is 7. The highest BCUT2D eigenvalue weighted by Crippen LogP contribution is 2.32. The lowest BCUT2D eigenvalue weighted by molar-refractivity contribution is -0.0563. The average Bonchev–Trinajstić information content (AvgIpc) is 2.82. The van der Waals surface area contributed by atoms with Crippen molar-refractivity contribution in [1.29, 1.82) is 0 Å². The van der Waals surface area contributed by atoms with Crippen molar-refractivity contribution in [2.75, 3.05) is 57.9 Å². The molecule has 2 aliphatic rings. The SMILES string of the molecule is OCCN1CCOC[C@@]2(C[C@@H](CNc3ncccn3)CO2)C1. The predicted octanol–water partition coefficient (Wildman–Crippen LogP) is -0.0117. The molecule has 2 fully saturated rings. The van der Waals surface area contributed by atoms with Gasteiger partial charge in [0.2, 0.25) is 5.95 Å². The summed E-state index contributed by atoms with van der Waals surface area (Å²) in [5, 5.41) is 12.4. The molecule has 0 radical (unpaired) electrons. The van der Waals surface area contributed by atoms with E-state index in [2.05, 4.69) is 20.2 Å². The van der Waals surface area contributed by atoms with E-state index >= 15 is 0 Å². The summed E-state index contributed by atoms with van der Waals surface area (Å²) in [5.74, 6) is 1.07. The molecule has 3 heterocycles. The topological polar surface area (TPSA) is 79.7 Å². The Balaban J connectivity index is 1.53. The highest BCUT2D eigenvalue weighted by Gasteiger charge is 2.43. The Morgan fingerprint density at radius 2 is 2.27 bits per heavy atom. The van der Waals surface area contributed by atoms with E-state index in [-0.39, 0.29) is 12.2 Å². The van der Waals surface area contributed by atoms with Crippen LogP contribution in [0.15, 0.2) is 18.5 Å². The number of aliphatic hydroxyl groups is 1. The summed E-state index contributed by atoms with van der Waals surface area (Å²) in [4.78, 5) is 10.6. The molecule has 0 unspecified atom stereocenters. The van der Waals surface area contributed by atoms with Gasteiger partial charge in [-0.3, -0.25) is 4.90 Å². The highest BCUT2D eigenvalue weighted by molar-refractivity contribution is 5.22. The number of nitrogens with one attached hydrogen (secondary N) is 1. The van der Waals surface area contributed by atoms with Gasteiger partial charge in [0.05, 0.1) is 26.4 Å². The van der Waals surface area contributed by atoms with Crippen molar-refractivity contribution >= 4 is 5.95 Å². The number of β-amino-alcohol motifs (C(OH)–C–C–N with tert-alkyl or cyclic N) is 1. The highest BCUT2D eigenvalue weighted by atomic mass is 16.5. The maximum absolute atomic E-state index is 9.16. The summed E-state index contributed by atoms with van der Waals surface area (Å²) in [5.41, 5.74) is -0.241. The Kier molecular flexibility index (Phi) is 5.20. The van der Waals surface area contributed by atoms with Gasteiger partial charge >= 0.3 is 0 Å². The molecule has 0 aliphatic carbocycles. The van der Waals surface area contributed by atoms with Gasteiger partial charge in [-0.2, -0.15) is 0 Å². The Hall–Kier alpha value is -1.28. The van der Waals surface area contributed by atoms with Crippen molar-refractivity contribution in [1.82, 2.24) is 14.9 Å². The van der Waals surface area contributed by atoms with Crippen LogP contribution >= 0.6 is 0 Å². The molecule has 7 heteroatoms. The molecule has 2 N–H and O–H groups in total. The van der Waals surface area contributed by atoms with E-state index in [0.717, 1.165) is 32.7 Å². The second kappa shape index (κ2) is 7.32. The number of aromatic nitrogens is 2. The van der Waals surface area contributed by atoms with Crippen LogP contribution in [0, 0.1) is 5.92 Å². The van der Waals surface area contributed by atoms with E-state index in [4.69, 9.17) is 14.6 Å². The van der Waals surface area contributed by atoms with Gasteiger partial charge in [-0.1, -0.05) is 0 Å². The molecule has 0 saturated carbocycles. The lowest BCUT2D eigenvalue weighted by Crippen LogP contribution is -2.45. The van der Waals surface area contributed by atoms with Gasteiger partial charge in [0.25, 0.3) is 0 Å². The molecule has 1 aromatic rings. The van der Waals surface area contributed by atoms with Gasteiger partial charge in [0.1, 0.15) is 5.60 Å². The first kappa shape index (κ1) is 15.6. The second-order valence-electron chi connectivity index (χ2n) is 6.07. The molecule has 22 heavy (non-hydrogen) atoms. The summed E-state index contributed by atoms with van der Waals surface area (Å²) in [6.45, 7) is 5.38. The van der Waals surface area contributed by atoms with Gasteiger partial charge in [-0.05, 0) is 12.5 Å². The van der Waals surface area contributed by atoms with Crippen LogP contribution in [0.4, 0.5) is 5.95 Å². The van der Waals surface area contributed by atoms with Crippen molar-refractivity contribution in [3.8, 4) is 0 Å². The van der Waals surface area contributed by atoms with E-state index in [1.54, 1.807) is 18.5 Å². The van der Waals surface area contributed by atoms with Crippen molar-refractivity contribution in [2.24, 2.45) is 5.92 Å². The average molecular weight is 308 g/mol. The number of nitrogens with zero attached hydrogens (tertiary/aromatic N) is 3. The van der Waals surface area contributed by atoms with Gasteiger partial charge in [-0.25, -0.2) is 9.97 Å². The third-order valence-electron chi connectivity index (χ3n) is 4.25. The quantitative estimate of drug-likeness (QED) is 0.792. The first-order valence-electron chi connectivity index (χ1n) is 7.85. The summed E-state index contributed by atoms with van der Waals surface area (Å²) in [7, 11) is 0. The molecule has 0 bridgehead atoms. The van der Waals surface area contributed by atoms with Crippen LogP contribution in [0.25, 0.3) is 0 Å². The molecular weight excluding hydrogens is 284 g/mol. The van der Waals surface area contributed by atoms with Crippen LogP contribution in [-0.4, -0.2) is 78.2 Å². The minimum Gasteiger partial charge on any atom is -0.395 e. The Morgan fingerprint density at radius 1 is 1.41 bits per heavy atom. The van der Waals surface area contributed by atoms with Crippen LogP contribution < -0.4 is 5.32 Å². The van der Waals surface area contributed by atoms with E-state index in [1.807, 2.05) is 0 Å². The molecule has 0 aromatic carbocycles. The Labute approximate surface area is 130 Å². The lowest BCUT2D eigenvalue weighted by Gasteiger charge is -2.30. The fourth-order valence-electron chi connectivity index (χ4n) is 3.22. The summed E-state index contributed by atoms with van der Waals surface area (Å²) in [6, 6.07) is 1.80. The molecular formula is C15H24N4O3. The van der Waals surface area contributed by atoms with Gasteiger partial charge in [0, 0.05) is 44.5 Å². The second-order valence-corrected chi connectivity index (χ2v) is 6.07. The first-order chi connectivity index (χ1) is 10.8. The van der Waals surface area contributed by atoms with Gasteiger partial charge in [0.15, 0.2) is 0 Å². The lowest BCUT2D eigenvalue weighted by atomic mass is 9.94. The fraction of sp³-hybridized carbons (Fsp3) is 0.733. The minimum absolute atomic E-state index is 0.173. The van der Waals surface area contributed by atoms with E-state index < -0.39 is 0 Å². The minimum atomic E-state index is -0.241. The zero-order valence-corrected chi connectivity index (χ0v) is 12.8. The zero-order valence-electron chi connectivity index (χ0n) is 12.8. The van der Waals surface area contributed by atoms with Gasteiger partial charge < -0.3 is 19.9 Å². The van der Waals surface area contributed by atoms with E-state index in [9.17, 15) is 0 Å². The fourth-order valence-corrected chi connectivity index (χ4v) is 3.22. The smallest absolute Gasteiger partial charge is 0.222 e. The largest absolute Gasteiger partial charge is 0.395 e. The summed E-state index contributed by atoms with van der Waals surface area (Å²) in [6.07, 6.45) is 4.41. The van der Waals surface area contributed by atoms with Crippen molar-refractivity contribution in [3.63, 3.8) is 0 Å². The van der Waals surface area contributed by atoms with Gasteiger partial charge in [-0.15, -0.1) is 0 Å². The standard InChI is InChI=1S/C15H24N4O3/c20-6-4-19-5-7-21-12-15(11-19)8-13(10-22-15)9-18-14-16-2-1-3-17-14/h1-3,13,20H,4-12H2,(H,16,17,18)/t13-,15+/m0/s1. The first-order valence-corrected chi connectivity index (χ1v) is 7.85. The number of anilines is 1. The molecule has 1 spiro atoms. The van der Waals surface area contributed by atoms with Crippen LogP contribution in [0.2, 0.25) is 0 Å². The summed E-state index contributed by atoms with van der Waals surface area (Å²) >= 11 is 0. The normalized spacial score (nSPS) is 29.6. The third kappa shape index (κ3) is 3.92. The molecule has 2 aliphatic heterocycles. The molecule has 0 amide bonds. The van der Waals surface area contributed by atoms with Crippen LogP contribution in [0.3, 0.4) is 0 Å². The molecule has 3 rings (SSSR count). The third-order valence-corrected chi connectivity index (χ3v) is 4.25. The number of ether oxygens (including phenoxy) is 2. The van der Waals surface area contributed by atoms with Crippen LogP contribution in [-0.2, 0) is 9.47 Å². The van der Waals surface area contributed by atoms with E-state index in [0.29, 0.717) is 31.6 Å². The predicted molar refractivity (Wildman–Crippen MR) is 81.7 cm³/mol. The molecule has 122 valence electrons. The maximum Gasteiger partial charge on any atom is 0.222 e. The molecule has 1 aromatic heterocycles.